The monoisotopic (exact) mass is 252 g/mol. The quantitative estimate of drug-likeness (QED) is 0.718. The summed E-state index contributed by atoms with van der Waals surface area (Å²) >= 11 is 0. The van der Waals surface area contributed by atoms with E-state index in [0.29, 0.717) is 5.88 Å². The van der Waals surface area contributed by atoms with Gasteiger partial charge in [0.2, 0.25) is 5.88 Å². The van der Waals surface area contributed by atoms with Crippen molar-refractivity contribution >= 4 is 0 Å². The van der Waals surface area contributed by atoms with E-state index in [9.17, 15) is 0 Å². The summed E-state index contributed by atoms with van der Waals surface area (Å²) in [6, 6.07) is 9.47. The summed E-state index contributed by atoms with van der Waals surface area (Å²) in [6.07, 6.45) is 7.18. The van der Waals surface area contributed by atoms with E-state index >= 15 is 0 Å². The fraction of sp³-hybridized carbons (Fsp3) is 0.0714. The van der Waals surface area contributed by atoms with Crippen LogP contribution in [0, 0.1) is 0 Å². The van der Waals surface area contributed by atoms with Crippen LogP contribution in [0.1, 0.15) is 0 Å². The minimum atomic E-state index is 0.589. The van der Waals surface area contributed by atoms with Gasteiger partial charge in [0, 0.05) is 24.0 Å². The number of methoxy groups -OCH3 is 1. The molecular formula is C14H12N4O. The van der Waals surface area contributed by atoms with Crippen molar-refractivity contribution in [2.24, 2.45) is 0 Å². The van der Waals surface area contributed by atoms with Crippen LogP contribution in [0.4, 0.5) is 0 Å². The second-order valence-corrected chi connectivity index (χ2v) is 3.95. The topological polar surface area (TPSA) is 52.8 Å². The Morgan fingerprint density at radius 3 is 2.84 bits per heavy atom. The lowest BCUT2D eigenvalue weighted by atomic mass is 10.2. The molecule has 0 aromatic carbocycles. The summed E-state index contributed by atoms with van der Waals surface area (Å²) in [5, 5.41) is 4.31. The number of nitrogens with zero attached hydrogens (tertiary/aromatic N) is 4. The largest absolute Gasteiger partial charge is 0.481 e. The van der Waals surface area contributed by atoms with E-state index < -0.39 is 0 Å². The highest BCUT2D eigenvalue weighted by atomic mass is 16.5. The Morgan fingerprint density at radius 1 is 1.11 bits per heavy atom. The van der Waals surface area contributed by atoms with E-state index in [0.717, 1.165) is 16.9 Å². The third kappa shape index (κ3) is 2.30. The van der Waals surface area contributed by atoms with Crippen LogP contribution in [0.25, 0.3) is 16.9 Å². The first-order chi connectivity index (χ1) is 9.36. The molecule has 94 valence electrons. The van der Waals surface area contributed by atoms with Crippen molar-refractivity contribution in [3.8, 4) is 22.8 Å². The first-order valence-corrected chi connectivity index (χ1v) is 5.83. The second kappa shape index (κ2) is 4.89. The second-order valence-electron chi connectivity index (χ2n) is 3.95. The fourth-order valence-corrected chi connectivity index (χ4v) is 1.77. The Bertz CT molecular complexity index is 679. The summed E-state index contributed by atoms with van der Waals surface area (Å²) in [4.78, 5) is 8.45. The predicted octanol–water partition coefficient (Wildman–Crippen LogP) is 2.34. The molecule has 0 saturated heterocycles. The van der Waals surface area contributed by atoms with E-state index in [1.54, 1.807) is 30.4 Å². The van der Waals surface area contributed by atoms with Gasteiger partial charge in [0.05, 0.1) is 30.9 Å². The van der Waals surface area contributed by atoms with Crippen molar-refractivity contribution in [3.05, 3.63) is 55.1 Å². The Hall–Kier alpha value is -2.69. The Balaban J connectivity index is 1.97. The lowest BCUT2D eigenvalue weighted by molar-refractivity contribution is 0.398. The van der Waals surface area contributed by atoms with E-state index in [1.807, 2.05) is 36.5 Å². The van der Waals surface area contributed by atoms with Gasteiger partial charge in [-0.1, -0.05) is 6.07 Å². The molecule has 3 aromatic rings. The summed E-state index contributed by atoms with van der Waals surface area (Å²) in [6.45, 7) is 0. The highest BCUT2D eigenvalue weighted by molar-refractivity contribution is 5.58. The van der Waals surface area contributed by atoms with Gasteiger partial charge in [0.1, 0.15) is 0 Å². The van der Waals surface area contributed by atoms with Gasteiger partial charge in [0.25, 0.3) is 0 Å². The van der Waals surface area contributed by atoms with Gasteiger partial charge in [0.15, 0.2) is 0 Å². The standard InChI is InChI=1S/C14H12N4O/c1-19-14-6-2-5-13(17-14)11-8-16-18(10-11)12-4-3-7-15-9-12/h2-10H,1H3. The lowest BCUT2D eigenvalue weighted by Gasteiger charge is -2.01. The summed E-state index contributed by atoms with van der Waals surface area (Å²) in [7, 11) is 1.60. The Morgan fingerprint density at radius 2 is 2.05 bits per heavy atom. The molecule has 5 nitrogen and oxygen atoms in total. The van der Waals surface area contributed by atoms with E-state index in [2.05, 4.69) is 15.1 Å². The maximum atomic E-state index is 5.12. The van der Waals surface area contributed by atoms with Crippen LogP contribution in [0.2, 0.25) is 0 Å². The number of hydrogen-bond donors (Lipinski definition) is 0. The van der Waals surface area contributed by atoms with Crippen molar-refractivity contribution < 1.29 is 4.74 Å². The minimum Gasteiger partial charge on any atom is -0.481 e. The van der Waals surface area contributed by atoms with E-state index in [1.165, 1.54) is 0 Å². The third-order valence-electron chi connectivity index (χ3n) is 2.72. The van der Waals surface area contributed by atoms with Crippen LogP contribution < -0.4 is 4.74 Å². The SMILES string of the molecule is COc1cccc(-c2cnn(-c3cccnc3)c2)n1. The molecule has 0 aliphatic heterocycles. The number of aromatic nitrogens is 4. The summed E-state index contributed by atoms with van der Waals surface area (Å²) < 4.78 is 6.89. The van der Waals surface area contributed by atoms with E-state index in [-0.39, 0.29) is 0 Å². The van der Waals surface area contributed by atoms with Crippen LogP contribution in [-0.4, -0.2) is 26.9 Å². The van der Waals surface area contributed by atoms with Crippen LogP contribution in [0.15, 0.2) is 55.1 Å². The molecule has 3 aromatic heterocycles. The van der Waals surface area contributed by atoms with Crippen LogP contribution in [-0.2, 0) is 0 Å². The molecule has 0 saturated carbocycles. The summed E-state index contributed by atoms with van der Waals surface area (Å²) in [5.41, 5.74) is 2.67. The lowest BCUT2D eigenvalue weighted by Crippen LogP contribution is -1.93. The molecule has 19 heavy (non-hydrogen) atoms. The van der Waals surface area contributed by atoms with Crippen LogP contribution >= 0.6 is 0 Å². The maximum absolute atomic E-state index is 5.12. The predicted molar refractivity (Wildman–Crippen MR) is 71.1 cm³/mol. The van der Waals surface area contributed by atoms with Gasteiger partial charge in [-0.3, -0.25) is 4.98 Å². The van der Waals surface area contributed by atoms with Gasteiger partial charge < -0.3 is 4.74 Å². The molecule has 5 heteroatoms. The molecule has 0 amide bonds. The number of rotatable bonds is 3. The number of pyridine rings is 2. The average Bonchev–Trinajstić information content (AvgIpc) is 2.98. The first kappa shape index (κ1) is 11.4. The van der Waals surface area contributed by atoms with Gasteiger partial charge in [-0.15, -0.1) is 0 Å². The zero-order valence-corrected chi connectivity index (χ0v) is 10.4. The maximum Gasteiger partial charge on any atom is 0.213 e. The van der Waals surface area contributed by atoms with E-state index in [4.69, 9.17) is 4.74 Å². The molecule has 0 unspecified atom stereocenters. The zero-order valence-electron chi connectivity index (χ0n) is 10.4. The number of ether oxygens (including phenoxy) is 1. The van der Waals surface area contributed by atoms with Crippen molar-refractivity contribution in [2.45, 2.75) is 0 Å². The molecule has 3 heterocycles. The molecular weight excluding hydrogens is 240 g/mol. The fourth-order valence-electron chi connectivity index (χ4n) is 1.77. The zero-order chi connectivity index (χ0) is 13.1. The van der Waals surface area contributed by atoms with Crippen molar-refractivity contribution in [1.29, 1.82) is 0 Å². The molecule has 0 N–H and O–H groups in total. The van der Waals surface area contributed by atoms with Crippen LogP contribution in [0.5, 0.6) is 5.88 Å². The molecule has 3 rings (SSSR count). The highest BCUT2D eigenvalue weighted by Gasteiger charge is 2.05. The molecule has 0 atom stereocenters. The highest BCUT2D eigenvalue weighted by Crippen LogP contribution is 2.20. The molecule has 0 spiro atoms. The molecule has 0 radical (unpaired) electrons. The first-order valence-electron chi connectivity index (χ1n) is 5.83. The van der Waals surface area contributed by atoms with Crippen LogP contribution in [0.3, 0.4) is 0 Å². The number of hydrogen-bond acceptors (Lipinski definition) is 4. The Labute approximate surface area is 110 Å². The smallest absolute Gasteiger partial charge is 0.213 e. The van der Waals surface area contributed by atoms with Gasteiger partial charge in [-0.25, -0.2) is 9.67 Å². The molecule has 0 aliphatic rings. The average molecular weight is 252 g/mol. The van der Waals surface area contributed by atoms with Crippen molar-refractivity contribution in [1.82, 2.24) is 19.7 Å². The normalized spacial score (nSPS) is 10.4. The van der Waals surface area contributed by atoms with Crippen molar-refractivity contribution in [2.75, 3.05) is 7.11 Å². The summed E-state index contributed by atoms with van der Waals surface area (Å²) in [5.74, 6) is 0.589. The van der Waals surface area contributed by atoms with Crippen molar-refractivity contribution in [3.63, 3.8) is 0 Å². The van der Waals surface area contributed by atoms with Gasteiger partial charge in [-0.05, 0) is 18.2 Å². The third-order valence-corrected chi connectivity index (χ3v) is 2.72. The Kier molecular flexibility index (Phi) is 2.94. The minimum absolute atomic E-state index is 0.589. The molecule has 0 fully saturated rings. The molecule has 0 bridgehead atoms. The molecule has 0 aliphatic carbocycles. The van der Waals surface area contributed by atoms with Gasteiger partial charge in [-0.2, -0.15) is 5.10 Å². The van der Waals surface area contributed by atoms with Gasteiger partial charge >= 0.3 is 0 Å².